The molecule has 1 N–H and O–H groups in total. The van der Waals surface area contributed by atoms with Gasteiger partial charge in [0.25, 0.3) is 11.1 Å². The van der Waals surface area contributed by atoms with E-state index < -0.39 is 33.8 Å². The predicted octanol–water partition coefficient (Wildman–Crippen LogP) is 2.94. The van der Waals surface area contributed by atoms with Crippen molar-refractivity contribution in [2.45, 2.75) is 6.18 Å². The summed E-state index contributed by atoms with van der Waals surface area (Å²) in [6, 6.07) is 7.28. The zero-order valence-corrected chi connectivity index (χ0v) is 13.8. The fourth-order valence-corrected chi connectivity index (χ4v) is 2.19. The third-order valence-corrected chi connectivity index (χ3v) is 3.17. The van der Waals surface area contributed by atoms with Crippen LogP contribution in [0.1, 0.15) is 16.1 Å². The highest BCUT2D eigenvalue weighted by Gasteiger charge is 2.42. The number of thiol groups is 2. The van der Waals surface area contributed by atoms with E-state index in [-0.39, 0.29) is 10.7 Å². The summed E-state index contributed by atoms with van der Waals surface area (Å²) in [5.41, 5.74) is -0.614. The van der Waals surface area contributed by atoms with Gasteiger partial charge in [-0.2, -0.15) is 23.3 Å². The molecule has 12 heteroatoms. The Morgan fingerprint density at radius 2 is 1.72 bits per heavy atom. The maximum Gasteiger partial charge on any atom is 0.434 e. The van der Waals surface area contributed by atoms with Gasteiger partial charge in [0, 0.05) is 0 Å². The lowest BCUT2D eigenvalue weighted by molar-refractivity contribution is -0.143. The molecular formula is C13H9F3N4O3S2. The molecule has 0 aliphatic carbocycles. The quantitative estimate of drug-likeness (QED) is 0.544. The van der Waals surface area contributed by atoms with E-state index >= 15 is 0 Å². The molecule has 1 aromatic carbocycles. The molecule has 1 aromatic heterocycles. The number of amides is 3. The van der Waals surface area contributed by atoms with Crippen LogP contribution in [0.4, 0.5) is 22.8 Å². The summed E-state index contributed by atoms with van der Waals surface area (Å²) in [4.78, 5) is 34.6. The van der Waals surface area contributed by atoms with Crippen molar-refractivity contribution >= 4 is 41.6 Å². The topological polar surface area (TPSA) is 84.3 Å². The number of para-hydroxylation sites is 1. The van der Waals surface area contributed by atoms with Crippen molar-refractivity contribution < 1.29 is 27.6 Å². The molecular weight excluding hydrogens is 381 g/mol. The van der Waals surface area contributed by atoms with Crippen molar-refractivity contribution in [2.24, 2.45) is 0 Å². The second kappa shape index (κ2) is 7.19. The number of nitrogens with one attached hydrogen (secondary N) is 1. The zero-order valence-electron chi connectivity index (χ0n) is 12.1. The molecule has 0 bridgehead atoms. The number of carbonyl (C=O) groups excluding carboxylic acids is 3. The fraction of sp³-hybridized carbons (Fsp3) is 0.0769. The average molecular weight is 390 g/mol. The Labute approximate surface area is 149 Å². The highest BCUT2D eigenvalue weighted by atomic mass is 32.1. The summed E-state index contributed by atoms with van der Waals surface area (Å²) in [5, 5.41) is 1.14. The van der Waals surface area contributed by atoms with Crippen LogP contribution in [0.5, 0.6) is 0 Å². The standard InChI is InChI=1S/C13H9F3N4O3S2/c14-13(15,16)9-8(10(21)20(12(23)25)18-11(22)24)6-17-19(9)7-4-2-1-3-5-7/h1-6H,(H,23,25)(H2,18,22,24). The van der Waals surface area contributed by atoms with Crippen LogP contribution < -0.4 is 5.43 Å². The van der Waals surface area contributed by atoms with Gasteiger partial charge in [-0.25, -0.2) is 10.1 Å². The van der Waals surface area contributed by atoms with E-state index in [4.69, 9.17) is 0 Å². The van der Waals surface area contributed by atoms with Gasteiger partial charge in [-0.1, -0.05) is 43.5 Å². The number of alkyl halides is 3. The molecule has 0 aliphatic rings. The van der Waals surface area contributed by atoms with Crippen LogP contribution >= 0.6 is 25.3 Å². The summed E-state index contributed by atoms with van der Waals surface area (Å²) in [6.07, 6.45) is -4.32. The molecule has 0 spiro atoms. The first-order valence-electron chi connectivity index (χ1n) is 6.40. The molecule has 0 atom stereocenters. The van der Waals surface area contributed by atoms with Gasteiger partial charge in [0.1, 0.15) is 0 Å². The van der Waals surface area contributed by atoms with Gasteiger partial charge in [0.2, 0.25) is 0 Å². The van der Waals surface area contributed by atoms with Crippen LogP contribution in [-0.2, 0) is 6.18 Å². The first-order chi connectivity index (χ1) is 11.6. The van der Waals surface area contributed by atoms with Crippen LogP contribution in [0.15, 0.2) is 36.5 Å². The van der Waals surface area contributed by atoms with E-state index in [9.17, 15) is 27.6 Å². The van der Waals surface area contributed by atoms with E-state index in [1.165, 1.54) is 24.3 Å². The number of hydrogen-bond donors (Lipinski definition) is 3. The minimum absolute atomic E-state index is 0.0000309. The van der Waals surface area contributed by atoms with E-state index in [0.717, 1.165) is 0 Å². The molecule has 0 radical (unpaired) electrons. The molecule has 132 valence electrons. The Morgan fingerprint density at radius 3 is 2.20 bits per heavy atom. The highest BCUT2D eigenvalue weighted by Crippen LogP contribution is 2.34. The summed E-state index contributed by atoms with van der Waals surface area (Å²) in [5.74, 6) is -1.46. The maximum absolute atomic E-state index is 13.5. The Bertz CT molecular complexity index is 824. The average Bonchev–Trinajstić information content (AvgIpc) is 2.97. The largest absolute Gasteiger partial charge is 0.434 e. The van der Waals surface area contributed by atoms with Crippen molar-refractivity contribution in [1.29, 1.82) is 0 Å². The lowest BCUT2D eigenvalue weighted by atomic mass is 10.2. The third-order valence-electron chi connectivity index (χ3n) is 2.87. The minimum Gasteiger partial charge on any atom is -0.267 e. The number of hydrazine groups is 1. The monoisotopic (exact) mass is 390 g/mol. The maximum atomic E-state index is 13.5. The van der Waals surface area contributed by atoms with Crippen LogP contribution in [0.2, 0.25) is 0 Å². The normalized spacial score (nSPS) is 11.1. The Hall–Kier alpha value is -2.47. The third kappa shape index (κ3) is 4.14. The lowest BCUT2D eigenvalue weighted by Crippen LogP contribution is -2.46. The molecule has 0 aliphatic heterocycles. The second-order valence-electron chi connectivity index (χ2n) is 4.49. The number of aromatic nitrogens is 2. The van der Waals surface area contributed by atoms with Gasteiger partial charge in [-0.15, -0.1) is 0 Å². The lowest BCUT2D eigenvalue weighted by Gasteiger charge is -2.18. The van der Waals surface area contributed by atoms with Crippen molar-refractivity contribution in [3.63, 3.8) is 0 Å². The first kappa shape index (κ1) is 18.9. The summed E-state index contributed by atoms with van der Waals surface area (Å²) < 4.78 is 40.9. The smallest absolute Gasteiger partial charge is 0.267 e. The van der Waals surface area contributed by atoms with E-state index in [0.29, 0.717) is 10.9 Å². The molecule has 0 saturated carbocycles. The van der Waals surface area contributed by atoms with Crippen molar-refractivity contribution in [3.8, 4) is 5.69 Å². The molecule has 2 aromatic rings. The number of carbonyl (C=O) groups is 3. The predicted molar refractivity (Wildman–Crippen MR) is 86.6 cm³/mol. The summed E-state index contributed by atoms with van der Waals surface area (Å²) in [6.45, 7) is 0. The van der Waals surface area contributed by atoms with Crippen molar-refractivity contribution in [3.05, 3.63) is 47.8 Å². The molecule has 25 heavy (non-hydrogen) atoms. The van der Waals surface area contributed by atoms with Gasteiger partial charge >= 0.3 is 11.4 Å². The van der Waals surface area contributed by atoms with Gasteiger partial charge in [-0.05, 0) is 12.1 Å². The van der Waals surface area contributed by atoms with Gasteiger partial charge in [0.15, 0.2) is 5.69 Å². The number of rotatable bonds is 2. The molecule has 2 rings (SSSR count). The minimum atomic E-state index is -4.96. The first-order valence-corrected chi connectivity index (χ1v) is 7.30. The highest BCUT2D eigenvalue weighted by molar-refractivity contribution is 7.97. The fourth-order valence-electron chi connectivity index (χ4n) is 1.94. The molecule has 0 unspecified atom stereocenters. The molecule has 0 fully saturated rings. The number of hydrogen-bond acceptors (Lipinski definition) is 4. The Morgan fingerprint density at radius 1 is 1.12 bits per heavy atom. The summed E-state index contributed by atoms with van der Waals surface area (Å²) >= 11 is 6.66. The van der Waals surface area contributed by atoms with Crippen LogP contribution in [0.3, 0.4) is 0 Å². The number of nitrogens with zero attached hydrogens (tertiary/aromatic N) is 3. The number of halogens is 3. The number of imide groups is 1. The Balaban J connectivity index is 2.58. The van der Waals surface area contributed by atoms with Gasteiger partial charge in [0.05, 0.1) is 17.4 Å². The molecule has 1 heterocycles. The van der Waals surface area contributed by atoms with Crippen LogP contribution in [-0.4, -0.2) is 31.2 Å². The van der Waals surface area contributed by atoms with Crippen molar-refractivity contribution in [1.82, 2.24) is 20.2 Å². The van der Waals surface area contributed by atoms with Gasteiger partial charge < -0.3 is 0 Å². The zero-order chi connectivity index (χ0) is 18.8. The SMILES string of the molecule is O=C(S)NN(C(=O)S)C(=O)c1cnn(-c2ccccc2)c1C(F)(F)F. The van der Waals surface area contributed by atoms with Crippen molar-refractivity contribution in [2.75, 3.05) is 0 Å². The molecule has 7 nitrogen and oxygen atoms in total. The molecule has 3 amide bonds. The van der Waals surface area contributed by atoms with Gasteiger partial charge in [-0.3, -0.25) is 14.4 Å². The van der Waals surface area contributed by atoms with Crippen LogP contribution in [0.25, 0.3) is 5.69 Å². The second-order valence-corrected chi connectivity index (χ2v) is 5.28. The van der Waals surface area contributed by atoms with E-state index in [1.807, 2.05) is 0 Å². The number of benzene rings is 1. The Kier molecular flexibility index (Phi) is 5.42. The molecule has 0 saturated heterocycles. The van der Waals surface area contributed by atoms with E-state index in [2.05, 4.69) is 30.4 Å². The van der Waals surface area contributed by atoms with Crippen LogP contribution in [0, 0.1) is 0 Å². The van der Waals surface area contributed by atoms with E-state index in [1.54, 1.807) is 11.5 Å². The summed E-state index contributed by atoms with van der Waals surface area (Å²) in [7, 11) is 0.